The Labute approximate surface area is 231 Å². The number of nitrogens with zero attached hydrogens (tertiary/aromatic N) is 4. The van der Waals surface area contributed by atoms with Crippen molar-refractivity contribution in [3.63, 3.8) is 0 Å². The number of anilines is 2. The number of fused-ring (bicyclic) bond motifs is 1. The van der Waals surface area contributed by atoms with Gasteiger partial charge in [0.1, 0.15) is 11.3 Å². The molecule has 10 heteroatoms. The zero-order chi connectivity index (χ0) is 27.4. The van der Waals surface area contributed by atoms with Crippen LogP contribution < -0.4 is 13.9 Å². The minimum absolute atomic E-state index is 0.0885. The topological polar surface area (TPSA) is 92.7 Å². The van der Waals surface area contributed by atoms with Gasteiger partial charge in [0.05, 0.1) is 28.4 Å². The van der Waals surface area contributed by atoms with Crippen molar-refractivity contribution in [2.45, 2.75) is 18.4 Å². The van der Waals surface area contributed by atoms with Gasteiger partial charge in [-0.15, -0.1) is 0 Å². The first-order valence-electron chi connectivity index (χ1n) is 12.3. The summed E-state index contributed by atoms with van der Waals surface area (Å²) in [6.45, 7) is 2.65. The molecule has 0 aliphatic carbocycles. The van der Waals surface area contributed by atoms with Gasteiger partial charge in [-0.25, -0.2) is 13.4 Å². The highest BCUT2D eigenvalue weighted by atomic mass is 32.2. The molecule has 0 unspecified atom stereocenters. The van der Waals surface area contributed by atoms with Crippen LogP contribution >= 0.6 is 11.3 Å². The molecular weight excluding hydrogens is 532 g/mol. The first-order chi connectivity index (χ1) is 18.9. The molecule has 39 heavy (non-hydrogen) atoms. The highest BCUT2D eigenvalue weighted by Crippen LogP contribution is 2.35. The van der Waals surface area contributed by atoms with E-state index in [-0.39, 0.29) is 17.3 Å². The lowest BCUT2D eigenvalue weighted by Crippen LogP contribution is -2.30. The van der Waals surface area contributed by atoms with Crippen molar-refractivity contribution < 1.29 is 17.9 Å². The molecule has 0 saturated carbocycles. The van der Waals surface area contributed by atoms with E-state index < -0.39 is 10.0 Å². The van der Waals surface area contributed by atoms with E-state index in [0.29, 0.717) is 34.3 Å². The van der Waals surface area contributed by atoms with Crippen molar-refractivity contribution >= 4 is 48.3 Å². The number of pyridine rings is 1. The zero-order valence-corrected chi connectivity index (χ0v) is 23.0. The summed E-state index contributed by atoms with van der Waals surface area (Å²) in [6, 6.07) is 24.2. The Hall–Kier alpha value is -4.28. The normalized spacial score (nSPS) is 11.3. The highest BCUT2D eigenvalue weighted by molar-refractivity contribution is 7.92. The van der Waals surface area contributed by atoms with Gasteiger partial charge in [0.2, 0.25) is 0 Å². The number of hydrogen-bond acceptors (Lipinski definition) is 7. The summed E-state index contributed by atoms with van der Waals surface area (Å²) < 4.78 is 34.3. The summed E-state index contributed by atoms with van der Waals surface area (Å²) in [5.74, 6) is 0.347. The third-order valence-electron chi connectivity index (χ3n) is 6.09. The van der Waals surface area contributed by atoms with Gasteiger partial charge >= 0.3 is 0 Å². The summed E-state index contributed by atoms with van der Waals surface area (Å²) in [5.41, 5.74) is 2.40. The van der Waals surface area contributed by atoms with Crippen LogP contribution in [-0.4, -0.2) is 37.9 Å². The first kappa shape index (κ1) is 26.3. The number of benzene rings is 3. The fourth-order valence-corrected chi connectivity index (χ4v) is 6.24. The molecule has 0 saturated heterocycles. The van der Waals surface area contributed by atoms with Crippen molar-refractivity contribution in [3.05, 3.63) is 108 Å². The van der Waals surface area contributed by atoms with Gasteiger partial charge in [-0.05, 0) is 67.1 Å². The Balaban J connectivity index is 1.49. The van der Waals surface area contributed by atoms with Gasteiger partial charge in [0, 0.05) is 25.0 Å². The molecule has 0 aliphatic heterocycles. The number of aromatic nitrogens is 2. The molecule has 8 nitrogen and oxygen atoms in total. The highest BCUT2D eigenvalue weighted by Gasteiger charge is 2.25. The Morgan fingerprint density at radius 2 is 1.72 bits per heavy atom. The van der Waals surface area contributed by atoms with E-state index in [2.05, 4.69) is 4.98 Å². The summed E-state index contributed by atoms with van der Waals surface area (Å²) in [6.07, 6.45) is 3.38. The number of thiazole rings is 1. The lowest BCUT2D eigenvalue weighted by atomic mass is 10.2. The number of hydrogen-bond donors (Lipinski definition) is 0. The van der Waals surface area contributed by atoms with Crippen molar-refractivity contribution in [3.8, 4) is 5.75 Å². The van der Waals surface area contributed by atoms with Crippen LogP contribution in [0.25, 0.3) is 10.2 Å². The maximum absolute atomic E-state index is 13.8. The van der Waals surface area contributed by atoms with Crippen molar-refractivity contribution in [1.29, 1.82) is 0 Å². The zero-order valence-electron chi connectivity index (χ0n) is 21.4. The molecule has 5 rings (SSSR count). The van der Waals surface area contributed by atoms with E-state index >= 15 is 0 Å². The molecule has 2 aromatic heterocycles. The molecule has 0 radical (unpaired) electrons. The number of para-hydroxylation sites is 2. The number of rotatable bonds is 9. The van der Waals surface area contributed by atoms with Crippen LogP contribution in [0.15, 0.2) is 102 Å². The van der Waals surface area contributed by atoms with Gasteiger partial charge in [0.25, 0.3) is 15.9 Å². The van der Waals surface area contributed by atoms with Gasteiger partial charge in [-0.2, -0.15) is 0 Å². The third-order valence-corrected chi connectivity index (χ3v) is 8.93. The predicted octanol–water partition coefficient (Wildman–Crippen LogP) is 5.76. The van der Waals surface area contributed by atoms with E-state index in [9.17, 15) is 13.2 Å². The lowest BCUT2D eigenvalue weighted by molar-refractivity contribution is 0.0985. The molecule has 1 amide bonds. The SMILES string of the molecule is CCOc1cccc2sc(N(Cc3cccnc3)C(=O)c3ccc(S(=O)(=O)N(C)c4ccccc4)cc3)nc12. The van der Waals surface area contributed by atoms with Crippen molar-refractivity contribution in [1.82, 2.24) is 9.97 Å². The summed E-state index contributed by atoms with van der Waals surface area (Å²) in [5, 5.41) is 0.506. The first-order valence-corrected chi connectivity index (χ1v) is 14.5. The van der Waals surface area contributed by atoms with E-state index in [1.165, 1.54) is 47.0 Å². The molecule has 0 bridgehead atoms. The van der Waals surface area contributed by atoms with Crippen molar-refractivity contribution in [2.75, 3.05) is 22.9 Å². The number of amides is 1. The quantitative estimate of drug-likeness (QED) is 0.228. The van der Waals surface area contributed by atoms with Gasteiger partial charge < -0.3 is 4.74 Å². The van der Waals surface area contributed by atoms with E-state index in [1.807, 2.05) is 43.3 Å². The molecule has 0 aliphatic rings. The summed E-state index contributed by atoms with van der Waals surface area (Å²) in [4.78, 5) is 24.4. The smallest absolute Gasteiger partial charge is 0.264 e. The molecular formula is C29H26N4O4S2. The molecule has 3 aromatic carbocycles. The largest absolute Gasteiger partial charge is 0.492 e. The average molecular weight is 559 g/mol. The summed E-state index contributed by atoms with van der Waals surface area (Å²) >= 11 is 1.39. The number of sulfonamides is 1. The molecule has 2 heterocycles. The Morgan fingerprint density at radius 1 is 0.949 bits per heavy atom. The summed E-state index contributed by atoms with van der Waals surface area (Å²) in [7, 11) is -2.30. The molecule has 198 valence electrons. The van der Waals surface area contributed by atoms with Gasteiger partial charge in [0.15, 0.2) is 5.13 Å². The minimum Gasteiger partial charge on any atom is -0.492 e. The fourth-order valence-electron chi connectivity index (χ4n) is 4.06. The van der Waals surface area contributed by atoms with Gasteiger partial charge in [-0.1, -0.05) is 41.7 Å². The Morgan fingerprint density at radius 3 is 2.41 bits per heavy atom. The molecule has 0 N–H and O–H groups in total. The second-order valence-electron chi connectivity index (χ2n) is 8.62. The van der Waals surface area contributed by atoms with Crippen LogP contribution in [0.3, 0.4) is 0 Å². The standard InChI is InChI=1S/C29H26N4O4S2/c1-3-37-25-12-7-13-26-27(25)31-29(38-26)33(20-21-9-8-18-30-19-21)28(34)22-14-16-24(17-15-22)39(35,36)32(2)23-10-5-4-6-11-23/h4-19H,3,20H2,1-2H3. The Bertz CT molecular complexity index is 1690. The maximum Gasteiger partial charge on any atom is 0.264 e. The monoisotopic (exact) mass is 558 g/mol. The predicted molar refractivity (Wildman–Crippen MR) is 154 cm³/mol. The fraction of sp³-hybridized carbons (Fsp3) is 0.138. The number of carbonyl (C=O) groups is 1. The van der Waals surface area contributed by atoms with Gasteiger partial charge in [-0.3, -0.25) is 19.0 Å². The molecule has 5 aromatic rings. The van der Waals surface area contributed by atoms with E-state index in [4.69, 9.17) is 9.72 Å². The number of ether oxygens (including phenoxy) is 1. The number of carbonyl (C=O) groups excluding carboxylic acids is 1. The van der Waals surface area contributed by atoms with Crippen LogP contribution in [0.1, 0.15) is 22.8 Å². The van der Waals surface area contributed by atoms with Crippen LogP contribution in [0, 0.1) is 0 Å². The maximum atomic E-state index is 13.8. The van der Waals surface area contributed by atoms with Crippen LogP contribution in [0.4, 0.5) is 10.8 Å². The molecule has 0 spiro atoms. The van der Waals surface area contributed by atoms with Crippen LogP contribution in [0.2, 0.25) is 0 Å². The lowest BCUT2D eigenvalue weighted by Gasteiger charge is -2.21. The van der Waals surface area contributed by atoms with Crippen molar-refractivity contribution in [2.24, 2.45) is 0 Å². The van der Waals surface area contributed by atoms with E-state index in [1.54, 1.807) is 41.6 Å². The second kappa shape index (κ2) is 11.2. The van der Waals surface area contributed by atoms with E-state index in [0.717, 1.165) is 10.3 Å². The third kappa shape index (κ3) is 5.47. The minimum atomic E-state index is -3.81. The second-order valence-corrected chi connectivity index (χ2v) is 11.6. The molecule has 0 atom stereocenters. The van der Waals surface area contributed by atoms with Crippen LogP contribution in [0.5, 0.6) is 5.75 Å². The molecule has 0 fully saturated rings. The Kier molecular flexibility index (Phi) is 7.58. The van der Waals surface area contributed by atoms with Crippen LogP contribution in [-0.2, 0) is 16.6 Å². The average Bonchev–Trinajstić information content (AvgIpc) is 3.41.